The lowest BCUT2D eigenvalue weighted by Crippen LogP contribution is -2.27. The summed E-state index contributed by atoms with van der Waals surface area (Å²) in [4.78, 5) is 28.3. The summed E-state index contributed by atoms with van der Waals surface area (Å²) in [5.74, 6) is -0.00849. The molecule has 0 aliphatic heterocycles. The molecule has 140 valence electrons. The van der Waals surface area contributed by atoms with Crippen molar-refractivity contribution < 1.29 is 9.59 Å². The number of nitrogens with zero attached hydrogens (tertiary/aromatic N) is 5. The van der Waals surface area contributed by atoms with Gasteiger partial charge in [-0.2, -0.15) is 0 Å². The van der Waals surface area contributed by atoms with Crippen LogP contribution < -0.4 is 10.6 Å². The molecule has 0 radical (unpaired) electrons. The first-order valence-electron chi connectivity index (χ1n) is 8.39. The summed E-state index contributed by atoms with van der Waals surface area (Å²) >= 11 is 1.26. The van der Waals surface area contributed by atoms with Gasteiger partial charge in [0.2, 0.25) is 17.0 Å². The van der Waals surface area contributed by atoms with Crippen LogP contribution in [-0.4, -0.2) is 49.3 Å². The zero-order valence-corrected chi connectivity index (χ0v) is 15.6. The highest BCUT2D eigenvalue weighted by molar-refractivity contribution is 7.99. The van der Waals surface area contributed by atoms with Crippen LogP contribution in [0.3, 0.4) is 0 Å². The molecule has 0 atom stereocenters. The van der Waals surface area contributed by atoms with Gasteiger partial charge in [-0.1, -0.05) is 30.0 Å². The predicted octanol–water partition coefficient (Wildman–Crippen LogP) is 1.39. The number of para-hydroxylation sites is 1. The van der Waals surface area contributed by atoms with Gasteiger partial charge in [0.1, 0.15) is 0 Å². The van der Waals surface area contributed by atoms with E-state index in [9.17, 15) is 9.59 Å². The van der Waals surface area contributed by atoms with E-state index in [0.717, 1.165) is 10.9 Å². The van der Waals surface area contributed by atoms with E-state index in [4.69, 9.17) is 0 Å². The summed E-state index contributed by atoms with van der Waals surface area (Å²) in [7, 11) is 1.71. The number of hydrogen-bond donors (Lipinski definition) is 2. The average Bonchev–Trinajstić information content (AvgIpc) is 3.09. The van der Waals surface area contributed by atoms with Gasteiger partial charge in [0.25, 0.3) is 0 Å². The molecular weight excluding hydrogens is 366 g/mol. The quantitative estimate of drug-likeness (QED) is 0.445. The zero-order valence-electron chi connectivity index (χ0n) is 14.8. The Balaban J connectivity index is 1.38. The van der Waals surface area contributed by atoms with E-state index in [1.807, 2.05) is 30.3 Å². The van der Waals surface area contributed by atoms with Crippen LogP contribution in [-0.2, 0) is 16.6 Å². The van der Waals surface area contributed by atoms with E-state index in [2.05, 4.69) is 31.1 Å². The number of tetrazole rings is 1. The number of carbonyl (C=O) groups excluding carboxylic acids is 2. The fraction of sp³-hybridized carbons (Fsp3) is 0.294. The molecule has 0 saturated heterocycles. The SMILES string of the molecule is Cn1nnnc1SCC(=O)NCCCC(=O)Nc1cccc2cccnc12. The number of rotatable bonds is 8. The van der Waals surface area contributed by atoms with Crippen LogP contribution in [0.15, 0.2) is 41.7 Å². The van der Waals surface area contributed by atoms with Crippen LogP contribution in [0.4, 0.5) is 5.69 Å². The third kappa shape index (κ3) is 5.23. The molecule has 2 N–H and O–H groups in total. The fourth-order valence-electron chi connectivity index (χ4n) is 2.42. The van der Waals surface area contributed by atoms with Gasteiger partial charge in [-0.15, -0.1) is 5.10 Å². The molecule has 2 heterocycles. The lowest BCUT2D eigenvalue weighted by Gasteiger charge is -2.08. The number of nitrogens with one attached hydrogen (secondary N) is 2. The highest BCUT2D eigenvalue weighted by Crippen LogP contribution is 2.20. The van der Waals surface area contributed by atoms with Crippen LogP contribution in [0, 0.1) is 0 Å². The van der Waals surface area contributed by atoms with Crippen molar-refractivity contribution in [3.8, 4) is 0 Å². The molecule has 27 heavy (non-hydrogen) atoms. The van der Waals surface area contributed by atoms with Gasteiger partial charge in [-0.3, -0.25) is 14.6 Å². The molecule has 9 nitrogen and oxygen atoms in total. The van der Waals surface area contributed by atoms with Crippen molar-refractivity contribution in [2.75, 3.05) is 17.6 Å². The summed E-state index contributed by atoms with van der Waals surface area (Å²) in [6, 6.07) is 9.46. The number of pyridine rings is 1. The Bertz CT molecular complexity index is 938. The molecule has 0 aliphatic rings. The number of aryl methyl sites for hydroxylation is 1. The van der Waals surface area contributed by atoms with E-state index in [0.29, 0.717) is 30.2 Å². The van der Waals surface area contributed by atoms with Crippen molar-refractivity contribution in [1.82, 2.24) is 30.5 Å². The second kappa shape index (κ2) is 9.08. The molecule has 3 rings (SSSR count). The first-order valence-corrected chi connectivity index (χ1v) is 9.37. The van der Waals surface area contributed by atoms with Gasteiger partial charge in [0.05, 0.1) is 17.0 Å². The van der Waals surface area contributed by atoms with Crippen molar-refractivity contribution in [2.45, 2.75) is 18.0 Å². The first-order chi connectivity index (χ1) is 13.1. The zero-order chi connectivity index (χ0) is 19.1. The standard InChI is InChI=1S/C17H19N7O2S/c1-24-17(21-22-23-24)27-11-15(26)18-9-4-8-14(25)20-13-7-2-5-12-6-3-10-19-16(12)13/h2-3,5-7,10H,4,8-9,11H2,1H3,(H,18,26)(H,20,25). The molecule has 0 spiro atoms. The maximum atomic E-state index is 12.1. The largest absolute Gasteiger partial charge is 0.355 e. The van der Waals surface area contributed by atoms with Gasteiger partial charge in [0, 0.05) is 31.6 Å². The first kappa shape index (κ1) is 18.8. The van der Waals surface area contributed by atoms with E-state index in [1.54, 1.807) is 13.2 Å². The van der Waals surface area contributed by atoms with Gasteiger partial charge >= 0.3 is 0 Å². The van der Waals surface area contributed by atoms with Crippen LogP contribution in [0.2, 0.25) is 0 Å². The molecule has 0 saturated carbocycles. The monoisotopic (exact) mass is 385 g/mol. The third-order valence-corrected chi connectivity index (χ3v) is 4.73. The van der Waals surface area contributed by atoms with Crippen molar-refractivity contribution in [3.05, 3.63) is 36.5 Å². The van der Waals surface area contributed by atoms with Crippen LogP contribution >= 0.6 is 11.8 Å². The number of hydrogen-bond acceptors (Lipinski definition) is 7. The van der Waals surface area contributed by atoms with E-state index in [1.165, 1.54) is 16.4 Å². The van der Waals surface area contributed by atoms with Crippen molar-refractivity contribution >= 4 is 40.2 Å². The molecule has 3 aromatic rings. The van der Waals surface area contributed by atoms with Crippen molar-refractivity contribution in [3.63, 3.8) is 0 Å². The molecule has 0 fully saturated rings. The number of benzene rings is 1. The second-order valence-corrected chi connectivity index (χ2v) is 6.70. The normalized spacial score (nSPS) is 10.7. The lowest BCUT2D eigenvalue weighted by molar-refractivity contribution is -0.119. The Kier molecular flexibility index (Phi) is 6.31. The van der Waals surface area contributed by atoms with Crippen LogP contribution in [0.1, 0.15) is 12.8 Å². The average molecular weight is 385 g/mol. The third-order valence-electron chi connectivity index (χ3n) is 3.72. The highest BCUT2D eigenvalue weighted by Gasteiger charge is 2.09. The van der Waals surface area contributed by atoms with Crippen LogP contribution in [0.25, 0.3) is 10.9 Å². The number of carbonyl (C=O) groups is 2. The van der Waals surface area contributed by atoms with Crippen molar-refractivity contribution in [1.29, 1.82) is 0 Å². The maximum absolute atomic E-state index is 12.1. The van der Waals surface area contributed by atoms with Gasteiger partial charge in [-0.05, 0) is 29.0 Å². The Hall–Kier alpha value is -3.01. The number of anilines is 1. The molecule has 1 aromatic carbocycles. The summed E-state index contributed by atoms with van der Waals surface area (Å²) in [5.41, 5.74) is 1.45. The minimum absolute atomic E-state index is 0.109. The van der Waals surface area contributed by atoms with Gasteiger partial charge in [-0.25, -0.2) is 4.68 Å². The van der Waals surface area contributed by atoms with Gasteiger partial charge < -0.3 is 10.6 Å². The van der Waals surface area contributed by atoms with Crippen LogP contribution in [0.5, 0.6) is 0 Å². The fourth-order valence-corrected chi connectivity index (χ4v) is 3.10. The lowest BCUT2D eigenvalue weighted by atomic mass is 10.2. The number of fused-ring (bicyclic) bond motifs is 1. The van der Waals surface area contributed by atoms with E-state index >= 15 is 0 Å². The number of thioether (sulfide) groups is 1. The summed E-state index contributed by atoms with van der Waals surface area (Å²) in [5, 5.41) is 18.2. The van der Waals surface area contributed by atoms with E-state index in [-0.39, 0.29) is 17.6 Å². The summed E-state index contributed by atoms with van der Waals surface area (Å²) in [6.07, 6.45) is 2.55. The minimum Gasteiger partial charge on any atom is -0.355 e. The Morgan fingerprint density at radius 3 is 2.85 bits per heavy atom. The molecule has 0 unspecified atom stereocenters. The topological polar surface area (TPSA) is 115 Å². The number of amides is 2. The molecule has 2 amide bonds. The number of aromatic nitrogens is 5. The minimum atomic E-state index is -0.123. The Morgan fingerprint density at radius 2 is 2.04 bits per heavy atom. The van der Waals surface area contributed by atoms with Gasteiger partial charge in [0.15, 0.2) is 0 Å². The summed E-state index contributed by atoms with van der Waals surface area (Å²) < 4.78 is 1.50. The smallest absolute Gasteiger partial charge is 0.230 e. The molecule has 0 aliphatic carbocycles. The molecule has 0 bridgehead atoms. The second-order valence-electron chi connectivity index (χ2n) is 5.76. The summed E-state index contributed by atoms with van der Waals surface area (Å²) in [6.45, 7) is 0.428. The maximum Gasteiger partial charge on any atom is 0.230 e. The Morgan fingerprint density at radius 1 is 1.19 bits per heavy atom. The molecule has 2 aromatic heterocycles. The molecular formula is C17H19N7O2S. The van der Waals surface area contributed by atoms with E-state index < -0.39 is 0 Å². The molecule has 10 heteroatoms. The predicted molar refractivity (Wildman–Crippen MR) is 102 cm³/mol. The Labute approximate surface area is 159 Å². The van der Waals surface area contributed by atoms with Crippen molar-refractivity contribution in [2.24, 2.45) is 7.05 Å². The highest BCUT2D eigenvalue weighted by atomic mass is 32.2.